The number of nitrogens with zero attached hydrogens (tertiary/aromatic N) is 7. The highest BCUT2D eigenvalue weighted by atomic mass is 32.2. The molecule has 4 aromatic heterocycles. The first-order chi connectivity index (χ1) is 54.6. The van der Waals surface area contributed by atoms with Crippen LogP contribution in [-0.2, 0) is 117 Å². The molecule has 4 aromatic carbocycles. The molecule has 0 spiro atoms. The number of hydrogen-bond acceptors (Lipinski definition) is 22. The zero-order chi connectivity index (χ0) is 81.7. The minimum absolute atomic E-state index is 0.0267. The highest BCUT2D eigenvalue weighted by molar-refractivity contribution is 7.85. The number of hydrogen-bond donors (Lipinski definition) is 5. The number of ether oxygens (including phenoxy) is 6. The van der Waals surface area contributed by atoms with Crippen LogP contribution in [0.4, 0.5) is 15.3 Å². The Hall–Kier alpha value is -11.3. The van der Waals surface area contributed by atoms with Crippen LogP contribution in [0.15, 0.2) is 126 Å². The van der Waals surface area contributed by atoms with Crippen LogP contribution in [0, 0.1) is 17.8 Å². The van der Waals surface area contributed by atoms with Gasteiger partial charge in [0.05, 0.1) is 79.7 Å². The highest BCUT2D eigenvalue weighted by Gasteiger charge is 2.51. The van der Waals surface area contributed by atoms with Gasteiger partial charge in [-0.25, -0.2) is 34.4 Å². The second-order valence-corrected chi connectivity index (χ2v) is 30.7. The molecule has 8 aromatic rings. The van der Waals surface area contributed by atoms with E-state index in [1.54, 1.807) is 112 Å². The number of nitrogens with one attached hydrogen (secondary N) is 3. The number of phenolic OH excluding ortho intramolecular Hbond substituents is 1. The number of aryl methyl sites for hydroxylation is 2. The number of cyclic esters (lactones) is 1. The van der Waals surface area contributed by atoms with Crippen molar-refractivity contribution in [3.8, 4) is 28.3 Å². The smallest absolute Gasteiger partial charge is 0.424 e. The number of aromatic nitrogens is 4. The van der Waals surface area contributed by atoms with Crippen LogP contribution >= 0.6 is 0 Å². The number of anilines is 1. The van der Waals surface area contributed by atoms with E-state index in [0.717, 1.165) is 44.2 Å². The fourth-order valence-electron chi connectivity index (χ4n) is 14.8. The molecule has 0 saturated carbocycles. The third kappa shape index (κ3) is 19.7. The number of rotatable bonds is 38. The molecule has 0 bridgehead atoms. The number of carbonyl (C=O) groups excluding carboxylic acids is 9. The van der Waals surface area contributed by atoms with Crippen molar-refractivity contribution in [2.75, 3.05) is 78.3 Å². The lowest BCUT2D eigenvalue weighted by Crippen LogP contribution is -2.47. The molecule has 0 saturated heterocycles. The lowest BCUT2D eigenvalue weighted by Gasteiger charge is -2.35. The molecular weight excluding hydrogens is 1490 g/mol. The summed E-state index contributed by atoms with van der Waals surface area (Å²) in [6.07, 6.45) is -0.0231. The van der Waals surface area contributed by atoms with E-state index in [1.807, 2.05) is 60.0 Å². The Morgan fingerprint density at radius 3 is 2.18 bits per heavy atom. The number of phenols is 1. The summed E-state index contributed by atoms with van der Waals surface area (Å²) >= 11 is 0. The quantitative estimate of drug-likeness (QED) is 0.00790. The SMILES string of the molecule is CCc1c2c(nc3ccc(O)cc13)-c1cc3c(c(=O)n1C2)COC(=O)[C@@]3(CC)OC(=O)CCCN(C)C(=O)OCc1ccc(NC(=O)[C@H](C)CC(=O)[C@@H](NC(=O)CCOCCOCCNC(=O)[C@@H](CC(=O)CCn2c(CN(C)N(C)C(=O)OCC3c4ccccc4-c4ccccc43)cc3cccnc32)CS(=O)(=O)O)C(C)C)cc1. The first-order valence-electron chi connectivity index (χ1n) is 38.1. The Kier molecular flexibility index (Phi) is 27.3. The van der Waals surface area contributed by atoms with E-state index >= 15 is 0 Å². The number of carbonyl (C=O) groups is 9. The second kappa shape index (κ2) is 37.1. The Balaban J connectivity index is 0.550. The monoisotopic (exact) mass is 1580 g/mol. The summed E-state index contributed by atoms with van der Waals surface area (Å²) in [6, 6.07) is 33.9. The molecule has 0 radical (unpaired) electrons. The van der Waals surface area contributed by atoms with Crippen molar-refractivity contribution in [3.63, 3.8) is 0 Å². The summed E-state index contributed by atoms with van der Waals surface area (Å²) in [7, 11) is 0.128. The Labute approximate surface area is 659 Å². The van der Waals surface area contributed by atoms with Crippen molar-refractivity contribution in [1.82, 2.24) is 44.7 Å². The average molecular weight is 1590 g/mol. The topological polar surface area (TPSA) is 382 Å². The fourth-order valence-corrected chi connectivity index (χ4v) is 15.5. The molecule has 3 aliphatic rings. The maximum atomic E-state index is 14.2. The van der Waals surface area contributed by atoms with Gasteiger partial charge in [0, 0.05) is 124 Å². The van der Waals surface area contributed by atoms with E-state index in [4.69, 9.17) is 33.4 Å². The van der Waals surface area contributed by atoms with Crippen molar-refractivity contribution in [2.45, 2.75) is 136 Å². The highest BCUT2D eigenvalue weighted by Crippen LogP contribution is 2.46. The number of fused-ring (bicyclic) bond motifs is 9. The minimum Gasteiger partial charge on any atom is -0.508 e. The van der Waals surface area contributed by atoms with E-state index < -0.39 is 99.0 Å². The van der Waals surface area contributed by atoms with Crippen molar-refractivity contribution in [3.05, 3.63) is 176 Å². The number of amides is 5. The molecule has 0 unspecified atom stereocenters. The maximum absolute atomic E-state index is 14.2. The van der Waals surface area contributed by atoms with Crippen LogP contribution in [0.25, 0.3) is 44.5 Å². The third-order valence-corrected chi connectivity index (χ3v) is 21.8. The van der Waals surface area contributed by atoms with Gasteiger partial charge in [0.25, 0.3) is 15.7 Å². The van der Waals surface area contributed by atoms with Crippen LogP contribution in [-0.4, -0.2) is 185 Å². The van der Waals surface area contributed by atoms with Gasteiger partial charge in [-0.2, -0.15) is 8.42 Å². The molecule has 1 aliphatic carbocycles. The second-order valence-electron chi connectivity index (χ2n) is 29.2. The molecule has 4 atom stereocenters. The maximum Gasteiger partial charge on any atom is 0.424 e. The number of Topliss-reactive ketones (excluding diaryl/α,β-unsaturated/α-hetero) is 2. The summed E-state index contributed by atoms with van der Waals surface area (Å²) < 4.78 is 71.4. The fraction of sp³-hybridized carbons (Fsp3) is 0.422. The average Bonchev–Trinajstić information content (AvgIpc) is 1.49. The normalized spacial score (nSPS) is 14.9. The summed E-state index contributed by atoms with van der Waals surface area (Å²) in [6.45, 7) is 9.04. The summed E-state index contributed by atoms with van der Waals surface area (Å²) in [5, 5.41) is 23.0. The molecule has 604 valence electrons. The Morgan fingerprint density at radius 1 is 0.781 bits per heavy atom. The molecule has 5 amide bonds. The van der Waals surface area contributed by atoms with E-state index in [2.05, 4.69) is 33.1 Å². The summed E-state index contributed by atoms with van der Waals surface area (Å²) in [5.41, 5.74) is 8.19. The van der Waals surface area contributed by atoms with E-state index in [-0.39, 0.29) is 152 Å². The zero-order valence-corrected chi connectivity index (χ0v) is 65.9. The van der Waals surface area contributed by atoms with Crippen LogP contribution in [0.2, 0.25) is 0 Å². The molecule has 31 heteroatoms. The van der Waals surface area contributed by atoms with E-state index in [9.17, 15) is 66.0 Å². The molecule has 0 fully saturated rings. The minimum atomic E-state index is -4.69. The van der Waals surface area contributed by atoms with Gasteiger partial charge < -0.3 is 63.5 Å². The van der Waals surface area contributed by atoms with Crippen molar-refractivity contribution < 1.29 is 89.6 Å². The van der Waals surface area contributed by atoms with Crippen LogP contribution in [0.1, 0.15) is 130 Å². The van der Waals surface area contributed by atoms with Gasteiger partial charge in [-0.15, -0.1) is 0 Å². The third-order valence-electron chi connectivity index (χ3n) is 21.0. The number of esters is 2. The van der Waals surface area contributed by atoms with Gasteiger partial charge in [0.1, 0.15) is 37.0 Å². The number of hydrazine groups is 1. The van der Waals surface area contributed by atoms with Gasteiger partial charge in [-0.1, -0.05) is 95.3 Å². The van der Waals surface area contributed by atoms with Gasteiger partial charge in [0.2, 0.25) is 23.3 Å². The summed E-state index contributed by atoms with van der Waals surface area (Å²) in [4.78, 5) is 146. The van der Waals surface area contributed by atoms with E-state index in [1.165, 1.54) is 17.0 Å². The van der Waals surface area contributed by atoms with E-state index in [0.29, 0.717) is 45.9 Å². The largest absolute Gasteiger partial charge is 0.508 e. The van der Waals surface area contributed by atoms with Crippen LogP contribution < -0.4 is 21.5 Å². The molecular formula is C83H96N10O20S. The first-order valence-corrected chi connectivity index (χ1v) is 39.7. The Bertz CT molecular complexity index is 5100. The van der Waals surface area contributed by atoms with Gasteiger partial charge in [-0.05, 0) is 113 Å². The lowest BCUT2D eigenvalue weighted by atomic mass is 9.85. The molecule has 5 N–H and O–H groups in total. The first kappa shape index (κ1) is 83.7. The lowest BCUT2D eigenvalue weighted by molar-refractivity contribution is -0.189. The number of benzene rings is 4. The van der Waals surface area contributed by atoms with Gasteiger partial charge in [0.15, 0.2) is 5.78 Å². The number of aromatic hydroxyl groups is 1. The van der Waals surface area contributed by atoms with Gasteiger partial charge >= 0.3 is 24.1 Å². The number of pyridine rings is 3. The Morgan fingerprint density at radius 2 is 1.49 bits per heavy atom. The molecule has 2 aliphatic heterocycles. The zero-order valence-electron chi connectivity index (χ0n) is 65.1. The molecule has 114 heavy (non-hydrogen) atoms. The van der Waals surface area contributed by atoms with Crippen molar-refractivity contribution >= 4 is 91.2 Å². The standard InChI is InChI=1S/C83H96N10O20S/c1-9-59-64-42-57(94)27-28-69(64)87-75-65(59)45-93-70(75)43-68-67(79(93)101)48-110-80(102)83(68,10-2)113-73(98)22-16-33-89(6)81(103)111-46-52-23-25-55(26-24-52)86-77(99)51(5)39-71(96)74(50(3)4)88-72(97)30-35-108-37-38-109-36-32-85-78(100)54(49-114(105,106)107)41-58(95)29-34-92-56(40-53-17-15-31-84-76(53)92)44-90(7)91(8)82(104)112-47-66-62-20-13-11-18-60(62)61-19-12-14-21-63(61)66/h11-15,17-21,23-28,31,40,42-43,50-51,54,66,74,94H,9-10,16,22,29-30,32-39,41,44-49H2,1-8H3,(H,85,100)(H,86,99)(H,88,97)(H,105,106,107)/t51-,54+,74+,83+/m1/s1. The van der Waals surface area contributed by atoms with Gasteiger partial charge in [-0.3, -0.25) is 38.1 Å². The molecule has 6 heterocycles. The van der Waals surface area contributed by atoms with Crippen LogP contribution in [0.3, 0.4) is 0 Å². The predicted octanol–water partition coefficient (Wildman–Crippen LogP) is 9.29. The molecule has 11 rings (SSSR count). The van der Waals surface area contributed by atoms with Crippen LogP contribution in [0.5, 0.6) is 5.75 Å². The predicted molar refractivity (Wildman–Crippen MR) is 420 cm³/mol. The van der Waals surface area contributed by atoms with Crippen molar-refractivity contribution in [1.29, 1.82) is 0 Å². The number of ketones is 2. The summed E-state index contributed by atoms with van der Waals surface area (Å²) in [5.74, 6) is -7.62. The molecule has 30 nitrogen and oxygen atoms in total. The van der Waals surface area contributed by atoms with Crippen molar-refractivity contribution in [2.24, 2.45) is 17.8 Å².